The molecule has 1 atom stereocenters. The molecule has 0 saturated carbocycles. The maximum absolute atomic E-state index is 13.1. The number of aromatic nitrogens is 1. The van der Waals surface area contributed by atoms with Gasteiger partial charge in [-0.2, -0.15) is 0 Å². The van der Waals surface area contributed by atoms with E-state index >= 15 is 0 Å². The van der Waals surface area contributed by atoms with Crippen molar-refractivity contribution in [2.24, 2.45) is 5.92 Å². The highest BCUT2D eigenvalue weighted by Gasteiger charge is 2.18. The number of hydrogen-bond acceptors (Lipinski definition) is 2. The monoisotopic (exact) mass is 259 g/mol. The number of carboxylic acids is 1. The first-order chi connectivity index (χ1) is 9.15. The fraction of sp³-hybridized carbons (Fsp3) is 0.200. The van der Waals surface area contributed by atoms with Crippen molar-refractivity contribution >= 4 is 5.97 Å². The van der Waals surface area contributed by atoms with E-state index in [-0.39, 0.29) is 5.82 Å². The normalized spacial score (nSPS) is 12.1. The Kier molecular flexibility index (Phi) is 4.23. The van der Waals surface area contributed by atoms with Gasteiger partial charge in [-0.15, -0.1) is 0 Å². The third-order valence-corrected chi connectivity index (χ3v) is 2.95. The highest BCUT2D eigenvalue weighted by atomic mass is 19.1. The van der Waals surface area contributed by atoms with Crippen LogP contribution < -0.4 is 0 Å². The third kappa shape index (κ3) is 3.88. The summed E-state index contributed by atoms with van der Waals surface area (Å²) in [5.74, 6) is -1.78. The third-order valence-electron chi connectivity index (χ3n) is 2.95. The first kappa shape index (κ1) is 13.2. The van der Waals surface area contributed by atoms with Gasteiger partial charge in [0.2, 0.25) is 0 Å². The van der Waals surface area contributed by atoms with Gasteiger partial charge in [0.1, 0.15) is 5.82 Å². The molecule has 1 unspecified atom stereocenters. The molecule has 0 aliphatic rings. The molecule has 0 fully saturated rings. The van der Waals surface area contributed by atoms with Crippen molar-refractivity contribution in [1.29, 1.82) is 0 Å². The van der Waals surface area contributed by atoms with Gasteiger partial charge in [-0.3, -0.25) is 9.78 Å². The topological polar surface area (TPSA) is 50.2 Å². The number of hydrogen-bond donors (Lipinski definition) is 1. The second-order valence-electron chi connectivity index (χ2n) is 4.43. The van der Waals surface area contributed by atoms with Crippen LogP contribution in [0.4, 0.5) is 4.39 Å². The Balaban J connectivity index is 2.11. The molecule has 0 saturated heterocycles. The summed E-state index contributed by atoms with van der Waals surface area (Å²) in [5, 5.41) is 9.26. The zero-order valence-electron chi connectivity index (χ0n) is 10.3. The van der Waals surface area contributed by atoms with Crippen molar-refractivity contribution in [3.8, 4) is 0 Å². The molecule has 4 heteroatoms. The summed E-state index contributed by atoms with van der Waals surface area (Å²) in [6.07, 6.45) is 4.00. The Labute approximate surface area is 110 Å². The molecule has 0 aliphatic heterocycles. The zero-order valence-corrected chi connectivity index (χ0v) is 10.3. The highest BCUT2D eigenvalue weighted by Crippen LogP contribution is 2.15. The summed E-state index contributed by atoms with van der Waals surface area (Å²) in [7, 11) is 0. The SMILES string of the molecule is O=C(O)C(Cc1ccncc1)Cc1cccc(F)c1. The van der Waals surface area contributed by atoms with E-state index in [4.69, 9.17) is 0 Å². The molecule has 1 heterocycles. The van der Waals surface area contributed by atoms with Crippen molar-refractivity contribution in [3.05, 3.63) is 65.7 Å². The van der Waals surface area contributed by atoms with Gasteiger partial charge >= 0.3 is 5.97 Å². The van der Waals surface area contributed by atoms with Crippen molar-refractivity contribution in [3.63, 3.8) is 0 Å². The van der Waals surface area contributed by atoms with Crippen LogP contribution in [0.2, 0.25) is 0 Å². The van der Waals surface area contributed by atoms with Gasteiger partial charge < -0.3 is 5.11 Å². The van der Waals surface area contributed by atoms with E-state index in [2.05, 4.69) is 4.98 Å². The van der Waals surface area contributed by atoms with Crippen LogP contribution in [0.5, 0.6) is 0 Å². The number of nitrogens with zero attached hydrogens (tertiary/aromatic N) is 1. The quantitative estimate of drug-likeness (QED) is 0.898. The van der Waals surface area contributed by atoms with Crippen LogP contribution >= 0.6 is 0 Å². The average molecular weight is 259 g/mol. The number of halogens is 1. The summed E-state index contributed by atoms with van der Waals surface area (Å²) in [4.78, 5) is 15.2. The molecule has 0 spiro atoms. The Bertz CT molecular complexity index is 557. The minimum Gasteiger partial charge on any atom is -0.481 e. The molecule has 3 nitrogen and oxygen atoms in total. The van der Waals surface area contributed by atoms with Gasteiger partial charge in [0.15, 0.2) is 0 Å². The molecular formula is C15H14FNO2. The molecule has 1 aromatic heterocycles. The minimum atomic E-state index is -0.874. The van der Waals surface area contributed by atoms with E-state index in [0.29, 0.717) is 18.4 Å². The van der Waals surface area contributed by atoms with Crippen LogP contribution in [-0.2, 0) is 17.6 Å². The smallest absolute Gasteiger partial charge is 0.307 e. The lowest BCUT2D eigenvalue weighted by Gasteiger charge is -2.12. The van der Waals surface area contributed by atoms with Crippen LogP contribution in [-0.4, -0.2) is 16.1 Å². The minimum absolute atomic E-state index is 0.315. The van der Waals surface area contributed by atoms with Crippen molar-refractivity contribution in [2.45, 2.75) is 12.8 Å². The van der Waals surface area contributed by atoms with E-state index in [9.17, 15) is 14.3 Å². The van der Waals surface area contributed by atoms with Crippen LogP contribution in [0.3, 0.4) is 0 Å². The fourth-order valence-electron chi connectivity index (χ4n) is 2.00. The van der Waals surface area contributed by atoms with Gasteiger partial charge in [-0.05, 0) is 48.2 Å². The fourth-order valence-corrected chi connectivity index (χ4v) is 2.00. The van der Waals surface area contributed by atoms with Gasteiger partial charge in [-0.1, -0.05) is 12.1 Å². The predicted molar refractivity (Wildman–Crippen MR) is 69.2 cm³/mol. The number of benzene rings is 1. The van der Waals surface area contributed by atoms with Crippen LogP contribution in [0.15, 0.2) is 48.8 Å². The summed E-state index contributed by atoms with van der Waals surface area (Å²) in [5.41, 5.74) is 1.61. The van der Waals surface area contributed by atoms with E-state index in [1.165, 1.54) is 12.1 Å². The second kappa shape index (κ2) is 6.09. The van der Waals surface area contributed by atoms with E-state index in [1.54, 1.807) is 36.7 Å². The van der Waals surface area contributed by atoms with E-state index in [1.807, 2.05) is 0 Å². The zero-order chi connectivity index (χ0) is 13.7. The lowest BCUT2D eigenvalue weighted by Crippen LogP contribution is -2.19. The Morgan fingerprint density at radius 1 is 1.16 bits per heavy atom. The summed E-state index contributed by atoms with van der Waals surface area (Å²) in [6, 6.07) is 9.65. The molecule has 2 aromatic rings. The van der Waals surface area contributed by atoms with E-state index in [0.717, 1.165) is 5.56 Å². The van der Waals surface area contributed by atoms with Gasteiger partial charge in [-0.25, -0.2) is 4.39 Å². The molecule has 98 valence electrons. The first-order valence-corrected chi connectivity index (χ1v) is 6.01. The first-order valence-electron chi connectivity index (χ1n) is 6.01. The van der Waals surface area contributed by atoms with E-state index < -0.39 is 11.9 Å². The maximum Gasteiger partial charge on any atom is 0.307 e. The number of carbonyl (C=O) groups is 1. The Morgan fingerprint density at radius 3 is 2.47 bits per heavy atom. The second-order valence-corrected chi connectivity index (χ2v) is 4.43. The summed E-state index contributed by atoms with van der Waals surface area (Å²) >= 11 is 0. The number of rotatable bonds is 5. The lowest BCUT2D eigenvalue weighted by atomic mass is 9.93. The number of pyridine rings is 1. The highest BCUT2D eigenvalue weighted by molar-refractivity contribution is 5.70. The Morgan fingerprint density at radius 2 is 1.84 bits per heavy atom. The summed E-state index contributed by atoms with van der Waals surface area (Å²) < 4.78 is 13.1. The molecular weight excluding hydrogens is 245 g/mol. The van der Waals surface area contributed by atoms with Crippen LogP contribution in [0, 0.1) is 11.7 Å². The molecule has 0 bridgehead atoms. The van der Waals surface area contributed by atoms with Gasteiger partial charge in [0.05, 0.1) is 5.92 Å². The molecule has 2 rings (SSSR count). The van der Waals surface area contributed by atoms with Crippen LogP contribution in [0.25, 0.3) is 0 Å². The number of aliphatic carboxylic acids is 1. The van der Waals surface area contributed by atoms with Crippen molar-refractivity contribution in [2.75, 3.05) is 0 Å². The van der Waals surface area contributed by atoms with Crippen molar-refractivity contribution < 1.29 is 14.3 Å². The predicted octanol–water partition coefficient (Wildman–Crippen LogP) is 2.71. The van der Waals surface area contributed by atoms with Crippen LogP contribution in [0.1, 0.15) is 11.1 Å². The van der Waals surface area contributed by atoms with Gasteiger partial charge in [0.25, 0.3) is 0 Å². The lowest BCUT2D eigenvalue weighted by molar-refractivity contribution is -0.141. The average Bonchev–Trinajstić information content (AvgIpc) is 2.39. The molecule has 0 aliphatic carbocycles. The van der Waals surface area contributed by atoms with Gasteiger partial charge in [0, 0.05) is 12.4 Å². The molecule has 0 amide bonds. The van der Waals surface area contributed by atoms with Crippen molar-refractivity contribution in [1.82, 2.24) is 4.98 Å². The summed E-state index contributed by atoms with van der Waals surface area (Å²) in [6.45, 7) is 0. The number of carboxylic acid groups (broad SMARTS) is 1. The molecule has 19 heavy (non-hydrogen) atoms. The maximum atomic E-state index is 13.1. The molecule has 0 radical (unpaired) electrons. The molecule has 1 aromatic carbocycles. The molecule has 1 N–H and O–H groups in total. The standard InChI is InChI=1S/C15H14FNO2/c16-14-3-1-2-12(10-14)9-13(15(18)19)8-11-4-6-17-7-5-11/h1-7,10,13H,8-9H2,(H,18,19). The largest absolute Gasteiger partial charge is 0.481 e. The Hall–Kier alpha value is -2.23.